The molecule has 5 heteroatoms. The van der Waals surface area contributed by atoms with Crippen LogP contribution in [0.4, 0.5) is 0 Å². The first-order valence-electron chi connectivity index (χ1n) is 5.09. The van der Waals surface area contributed by atoms with Gasteiger partial charge in [-0.15, -0.1) is 11.8 Å². The molecule has 0 spiro atoms. The van der Waals surface area contributed by atoms with Gasteiger partial charge >= 0.3 is 0 Å². The normalized spacial score (nSPS) is 18.4. The molecule has 0 aliphatic heterocycles. The molecular formula is C10H16N2O2S. The maximum Gasteiger partial charge on any atom is 0.230 e. The largest absolute Gasteiger partial charge is 0.394 e. The first-order chi connectivity index (χ1) is 7.22. The summed E-state index contributed by atoms with van der Waals surface area (Å²) in [6, 6.07) is 1.97. The van der Waals surface area contributed by atoms with Crippen molar-refractivity contribution in [3.63, 3.8) is 0 Å². The summed E-state index contributed by atoms with van der Waals surface area (Å²) >= 11 is 1.30. The lowest BCUT2D eigenvalue weighted by Crippen LogP contribution is -2.49. The first-order valence-corrected chi connectivity index (χ1v) is 6.24. The topological polar surface area (TPSA) is 73.1 Å². The van der Waals surface area contributed by atoms with Crippen LogP contribution in [-0.2, 0) is 4.79 Å². The lowest BCUT2D eigenvalue weighted by atomic mass is 9.99. The summed E-state index contributed by atoms with van der Waals surface area (Å²) in [5, 5.41) is 20.5. The highest BCUT2D eigenvalue weighted by Crippen LogP contribution is 2.29. The Morgan fingerprint density at radius 3 is 2.73 bits per heavy atom. The number of nitrogens with one attached hydrogen (secondary N) is 1. The summed E-state index contributed by atoms with van der Waals surface area (Å²) in [6.07, 6.45) is 3.84. The Hall–Kier alpha value is -0.730. The van der Waals surface area contributed by atoms with E-state index in [1.807, 2.05) is 6.07 Å². The van der Waals surface area contributed by atoms with Crippen LogP contribution in [-0.4, -0.2) is 34.7 Å². The summed E-state index contributed by atoms with van der Waals surface area (Å²) in [5.41, 5.74) is -0.385. The van der Waals surface area contributed by atoms with Gasteiger partial charge in [-0.25, -0.2) is 0 Å². The molecule has 2 N–H and O–H groups in total. The number of aliphatic hydroxyl groups excluding tert-OH is 1. The Bertz CT molecular complexity index is 257. The summed E-state index contributed by atoms with van der Waals surface area (Å²) in [7, 11) is 0. The predicted molar refractivity (Wildman–Crippen MR) is 59.4 cm³/mol. The zero-order valence-electron chi connectivity index (χ0n) is 8.66. The summed E-state index contributed by atoms with van der Waals surface area (Å²) in [4.78, 5) is 11.5. The van der Waals surface area contributed by atoms with Gasteiger partial charge < -0.3 is 10.4 Å². The Balaban J connectivity index is 2.32. The molecule has 1 aliphatic carbocycles. The second-order valence-electron chi connectivity index (χ2n) is 3.84. The number of rotatable bonds is 5. The van der Waals surface area contributed by atoms with Crippen molar-refractivity contribution in [2.45, 2.75) is 31.2 Å². The quantitative estimate of drug-likeness (QED) is 0.678. The van der Waals surface area contributed by atoms with Crippen LogP contribution < -0.4 is 5.32 Å². The Labute approximate surface area is 94.0 Å². The number of carbonyl (C=O) groups excluding carboxylic acids is 1. The molecule has 0 aromatic carbocycles. The summed E-state index contributed by atoms with van der Waals surface area (Å²) in [6.45, 7) is 0.0155. The Morgan fingerprint density at radius 1 is 1.53 bits per heavy atom. The molecule has 0 heterocycles. The lowest BCUT2D eigenvalue weighted by Gasteiger charge is -2.27. The molecule has 0 atom stereocenters. The molecule has 1 rings (SSSR count). The number of thioether (sulfide) groups is 1. The van der Waals surface area contributed by atoms with E-state index >= 15 is 0 Å². The van der Waals surface area contributed by atoms with Gasteiger partial charge in [-0.2, -0.15) is 5.26 Å². The molecule has 0 unspecified atom stereocenters. The van der Waals surface area contributed by atoms with Crippen LogP contribution in [0.1, 0.15) is 25.7 Å². The highest BCUT2D eigenvalue weighted by molar-refractivity contribution is 8.00. The third-order valence-electron chi connectivity index (χ3n) is 2.67. The molecule has 1 amide bonds. The van der Waals surface area contributed by atoms with E-state index in [0.717, 1.165) is 25.7 Å². The van der Waals surface area contributed by atoms with Crippen LogP contribution in [0.15, 0.2) is 0 Å². The first kappa shape index (κ1) is 12.3. The van der Waals surface area contributed by atoms with Crippen LogP contribution in [0.2, 0.25) is 0 Å². The molecule has 0 radical (unpaired) electrons. The minimum atomic E-state index is -0.385. The van der Waals surface area contributed by atoms with Crippen molar-refractivity contribution in [1.29, 1.82) is 5.26 Å². The number of nitrogens with zero attached hydrogens (tertiary/aromatic N) is 1. The fourth-order valence-corrected chi connectivity index (χ4v) is 2.35. The van der Waals surface area contributed by atoms with Gasteiger partial charge in [-0.1, -0.05) is 12.8 Å². The number of aliphatic hydroxyl groups is 1. The third-order valence-corrected chi connectivity index (χ3v) is 3.47. The fourth-order valence-electron chi connectivity index (χ4n) is 1.90. The zero-order chi connectivity index (χ0) is 11.1. The number of amides is 1. The van der Waals surface area contributed by atoms with E-state index in [-0.39, 0.29) is 18.1 Å². The summed E-state index contributed by atoms with van der Waals surface area (Å²) in [5.74, 6) is 0.556. The molecule has 0 saturated heterocycles. The van der Waals surface area contributed by atoms with Crippen LogP contribution in [0, 0.1) is 11.3 Å². The van der Waals surface area contributed by atoms with Crippen LogP contribution in [0.3, 0.4) is 0 Å². The van der Waals surface area contributed by atoms with E-state index in [1.165, 1.54) is 11.8 Å². The van der Waals surface area contributed by atoms with Crippen molar-refractivity contribution in [3.05, 3.63) is 0 Å². The van der Waals surface area contributed by atoms with Crippen molar-refractivity contribution < 1.29 is 9.90 Å². The van der Waals surface area contributed by atoms with E-state index in [0.29, 0.717) is 11.5 Å². The van der Waals surface area contributed by atoms with Crippen LogP contribution in [0.5, 0.6) is 0 Å². The second kappa shape index (κ2) is 5.99. The monoisotopic (exact) mass is 228 g/mol. The van der Waals surface area contributed by atoms with E-state index in [4.69, 9.17) is 5.26 Å². The van der Waals surface area contributed by atoms with Gasteiger partial charge in [-0.3, -0.25) is 4.79 Å². The van der Waals surface area contributed by atoms with Crippen molar-refractivity contribution in [2.24, 2.45) is 0 Å². The number of hydrogen-bond acceptors (Lipinski definition) is 4. The molecule has 1 fully saturated rings. The molecule has 15 heavy (non-hydrogen) atoms. The minimum Gasteiger partial charge on any atom is -0.394 e. The van der Waals surface area contributed by atoms with E-state index in [9.17, 15) is 9.90 Å². The Morgan fingerprint density at radius 2 is 2.20 bits per heavy atom. The SMILES string of the molecule is N#CCSCC(=O)NC1(CO)CCCC1. The van der Waals surface area contributed by atoms with Gasteiger partial charge in [0.25, 0.3) is 0 Å². The lowest BCUT2D eigenvalue weighted by molar-refractivity contribution is -0.121. The van der Waals surface area contributed by atoms with E-state index < -0.39 is 0 Å². The van der Waals surface area contributed by atoms with Crippen LogP contribution in [0.25, 0.3) is 0 Å². The number of hydrogen-bond donors (Lipinski definition) is 2. The predicted octanol–water partition coefficient (Wildman–Crippen LogP) is 0.664. The minimum absolute atomic E-state index is 0.0155. The molecule has 0 aromatic rings. The summed E-state index contributed by atoms with van der Waals surface area (Å²) < 4.78 is 0. The number of carbonyl (C=O) groups is 1. The molecule has 1 saturated carbocycles. The van der Waals surface area contributed by atoms with Crippen molar-refractivity contribution in [1.82, 2.24) is 5.32 Å². The maximum atomic E-state index is 11.5. The van der Waals surface area contributed by atoms with E-state index in [1.54, 1.807) is 0 Å². The van der Waals surface area contributed by atoms with Gasteiger partial charge in [0.15, 0.2) is 0 Å². The molecule has 4 nitrogen and oxygen atoms in total. The molecule has 0 bridgehead atoms. The highest BCUT2D eigenvalue weighted by atomic mass is 32.2. The van der Waals surface area contributed by atoms with Crippen molar-refractivity contribution in [2.75, 3.05) is 18.1 Å². The molecule has 1 aliphatic rings. The fraction of sp³-hybridized carbons (Fsp3) is 0.800. The van der Waals surface area contributed by atoms with Gasteiger partial charge in [0.1, 0.15) is 0 Å². The third kappa shape index (κ3) is 3.73. The zero-order valence-corrected chi connectivity index (χ0v) is 9.48. The molecule has 0 aromatic heterocycles. The smallest absolute Gasteiger partial charge is 0.230 e. The number of nitriles is 1. The molecular weight excluding hydrogens is 212 g/mol. The standard InChI is InChI=1S/C10H16N2O2S/c11-5-6-15-7-9(14)12-10(8-13)3-1-2-4-10/h13H,1-4,6-8H2,(H,12,14). The van der Waals surface area contributed by atoms with Gasteiger partial charge in [0.05, 0.1) is 29.7 Å². The van der Waals surface area contributed by atoms with Gasteiger partial charge in [0, 0.05) is 0 Å². The second-order valence-corrected chi connectivity index (χ2v) is 4.83. The average Bonchev–Trinajstić information content (AvgIpc) is 2.67. The van der Waals surface area contributed by atoms with Crippen LogP contribution >= 0.6 is 11.8 Å². The maximum absolute atomic E-state index is 11.5. The van der Waals surface area contributed by atoms with E-state index in [2.05, 4.69) is 5.32 Å². The molecule has 84 valence electrons. The Kier molecular flexibility index (Phi) is 4.92. The van der Waals surface area contributed by atoms with Crippen molar-refractivity contribution in [3.8, 4) is 6.07 Å². The van der Waals surface area contributed by atoms with Crippen molar-refractivity contribution >= 4 is 17.7 Å². The highest BCUT2D eigenvalue weighted by Gasteiger charge is 2.34. The van der Waals surface area contributed by atoms with Gasteiger partial charge in [-0.05, 0) is 12.8 Å². The average molecular weight is 228 g/mol. The van der Waals surface area contributed by atoms with Gasteiger partial charge in [0.2, 0.25) is 5.91 Å².